The summed E-state index contributed by atoms with van der Waals surface area (Å²) in [6.07, 6.45) is 0.689. The molecule has 4 rings (SSSR count). The van der Waals surface area contributed by atoms with Gasteiger partial charge in [0, 0.05) is 36.6 Å². The lowest BCUT2D eigenvalue weighted by Gasteiger charge is -2.27. The lowest BCUT2D eigenvalue weighted by molar-refractivity contribution is 0.241. The lowest BCUT2D eigenvalue weighted by Crippen LogP contribution is -2.35. The van der Waals surface area contributed by atoms with Gasteiger partial charge in [-0.2, -0.15) is 0 Å². The van der Waals surface area contributed by atoms with Crippen LogP contribution in [0.1, 0.15) is 22.4 Å². The molecule has 2 heterocycles. The molecule has 1 aromatic heterocycles. The fraction of sp³-hybridized carbons (Fsp3) is 0.238. The molecule has 1 aliphatic heterocycles. The van der Waals surface area contributed by atoms with Crippen LogP contribution in [-0.2, 0) is 19.5 Å². The molecule has 3 aromatic rings. The molecule has 0 amide bonds. The highest BCUT2D eigenvalue weighted by molar-refractivity contribution is 6.30. The molecule has 0 spiro atoms. The molecule has 4 nitrogen and oxygen atoms in total. The standard InChI is InChI=1S/C21H19ClFN3O/c1-13-2-3-14(10-18(13)23)11-26-9-8-19-17(12-26)21(27)25-20(24-19)15-4-6-16(22)7-5-15/h2-7,10H,8-9,11-12H2,1H3,(H,24,25,27). The van der Waals surface area contributed by atoms with Crippen LogP contribution in [0.25, 0.3) is 11.4 Å². The molecule has 2 aromatic carbocycles. The minimum Gasteiger partial charge on any atom is -0.306 e. The molecular formula is C21H19ClFN3O. The molecule has 0 fully saturated rings. The van der Waals surface area contributed by atoms with Gasteiger partial charge >= 0.3 is 0 Å². The number of halogens is 2. The molecular weight excluding hydrogens is 365 g/mol. The van der Waals surface area contributed by atoms with E-state index in [1.54, 1.807) is 31.2 Å². The van der Waals surface area contributed by atoms with E-state index in [9.17, 15) is 9.18 Å². The van der Waals surface area contributed by atoms with Crippen LogP contribution in [0.4, 0.5) is 4.39 Å². The van der Waals surface area contributed by atoms with Crippen molar-refractivity contribution < 1.29 is 4.39 Å². The minimum atomic E-state index is -0.197. The second-order valence-electron chi connectivity index (χ2n) is 6.89. The summed E-state index contributed by atoms with van der Waals surface area (Å²) in [5, 5.41) is 0.641. The van der Waals surface area contributed by atoms with Gasteiger partial charge in [0.25, 0.3) is 5.56 Å². The third-order valence-electron chi connectivity index (χ3n) is 4.91. The van der Waals surface area contributed by atoms with Crippen molar-refractivity contribution in [1.29, 1.82) is 0 Å². The van der Waals surface area contributed by atoms with E-state index in [0.29, 0.717) is 41.5 Å². The zero-order valence-electron chi connectivity index (χ0n) is 14.9. The summed E-state index contributed by atoms with van der Waals surface area (Å²) in [6.45, 7) is 3.64. The summed E-state index contributed by atoms with van der Waals surface area (Å²) in [5.74, 6) is 0.363. The second kappa shape index (κ2) is 7.25. The molecule has 0 unspecified atom stereocenters. The number of benzene rings is 2. The molecule has 0 aliphatic carbocycles. The molecule has 0 saturated heterocycles. The Balaban J connectivity index is 1.57. The van der Waals surface area contributed by atoms with E-state index in [1.807, 2.05) is 18.2 Å². The third kappa shape index (κ3) is 3.80. The summed E-state index contributed by atoms with van der Waals surface area (Å²) in [7, 11) is 0. The van der Waals surface area contributed by atoms with Crippen molar-refractivity contribution in [2.45, 2.75) is 26.4 Å². The monoisotopic (exact) mass is 383 g/mol. The highest BCUT2D eigenvalue weighted by Crippen LogP contribution is 2.21. The van der Waals surface area contributed by atoms with Crippen LogP contribution in [0, 0.1) is 12.7 Å². The first-order valence-electron chi connectivity index (χ1n) is 8.85. The number of hydrogen-bond acceptors (Lipinski definition) is 3. The summed E-state index contributed by atoms with van der Waals surface area (Å²) in [4.78, 5) is 22.3. The molecule has 1 aliphatic rings. The number of aromatic nitrogens is 2. The average Bonchev–Trinajstić information content (AvgIpc) is 2.66. The van der Waals surface area contributed by atoms with Gasteiger partial charge in [0.1, 0.15) is 11.6 Å². The van der Waals surface area contributed by atoms with Crippen molar-refractivity contribution in [2.24, 2.45) is 0 Å². The Kier molecular flexibility index (Phi) is 4.81. The maximum Gasteiger partial charge on any atom is 0.255 e. The smallest absolute Gasteiger partial charge is 0.255 e. The van der Waals surface area contributed by atoms with Gasteiger partial charge in [0.05, 0.1) is 11.3 Å². The molecule has 6 heteroatoms. The van der Waals surface area contributed by atoms with Crippen molar-refractivity contribution in [3.8, 4) is 11.4 Å². The minimum absolute atomic E-state index is 0.121. The summed E-state index contributed by atoms with van der Waals surface area (Å²) >= 11 is 5.93. The van der Waals surface area contributed by atoms with Crippen LogP contribution in [0.3, 0.4) is 0 Å². The van der Waals surface area contributed by atoms with Crippen LogP contribution >= 0.6 is 11.6 Å². The van der Waals surface area contributed by atoms with Gasteiger partial charge in [0.2, 0.25) is 0 Å². The summed E-state index contributed by atoms with van der Waals surface area (Å²) < 4.78 is 13.8. The number of nitrogens with zero attached hydrogens (tertiary/aromatic N) is 2. The quantitative estimate of drug-likeness (QED) is 0.740. The Morgan fingerprint density at radius 2 is 2.00 bits per heavy atom. The zero-order chi connectivity index (χ0) is 19.0. The SMILES string of the molecule is Cc1ccc(CN2CCc3nc(-c4ccc(Cl)cc4)[nH]c(=O)c3C2)cc1F. The van der Waals surface area contributed by atoms with Crippen molar-refractivity contribution in [3.05, 3.63) is 86.0 Å². The van der Waals surface area contributed by atoms with Crippen LogP contribution in [0.5, 0.6) is 0 Å². The number of aryl methyl sites for hydroxylation is 1. The fourth-order valence-corrected chi connectivity index (χ4v) is 3.48. The number of nitrogens with one attached hydrogen (secondary N) is 1. The Morgan fingerprint density at radius 1 is 1.22 bits per heavy atom. The Hall–Kier alpha value is -2.50. The van der Waals surface area contributed by atoms with Crippen molar-refractivity contribution in [1.82, 2.24) is 14.9 Å². The first-order chi connectivity index (χ1) is 13.0. The van der Waals surface area contributed by atoms with Gasteiger partial charge < -0.3 is 4.98 Å². The van der Waals surface area contributed by atoms with E-state index < -0.39 is 0 Å². The van der Waals surface area contributed by atoms with Crippen LogP contribution in [0.15, 0.2) is 47.3 Å². The molecule has 0 bridgehead atoms. The summed E-state index contributed by atoms with van der Waals surface area (Å²) in [6, 6.07) is 12.5. The van der Waals surface area contributed by atoms with E-state index in [4.69, 9.17) is 11.6 Å². The van der Waals surface area contributed by atoms with E-state index in [1.165, 1.54) is 0 Å². The lowest BCUT2D eigenvalue weighted by atomic mass is 10.0. The number of fused-ring (bicyclic) bond motifs is 1. The van der Waals surface area contributed by atoms with E-state index in [2.05, 4.69) is 14.9 Å². The highest BCUT2D eigenvalue weighted by atomic mass is 35.5. The van der Waals surface area contributed by atoms with Gasteiger partial charge in [-0.05, 0) is 48.4 Å². The topological polar surface area (TPSA) is 49.0 Å². The maximum atomic E-state index is 13.8. The summed E-state index contributed by atoms with van der Waals surface area (Å²) in [5.41, 5.74) is 3.77. The van der Waals surface area contributed by atoms with Crippen molar-refractivity contribution in [3.63, 3.8) is 0 Å². The average molecular weight is 384 g/mol. The molecule has 0 atom stereocenters. The van der Waals surface area contributed by atoms with Gasteiger partial charge in [-0.15, -0.1) is 0 Å². The molecule has 0 saturated carbocycles. The third-order valence-corrected chi connectivity index (χ3v) is 5.16. The fourth-order valence-electron chi connectivity index (χ4n) is 3.35. The Bertz CT molecular complexity index is 1050. The van der Waals surface area contributed by atoms with Crippen molar-refractivity contribution >= 4 is 11.6 Å². The number of aromatic amines is 1. The number of rotatable bonds is 3. The highest BCUT2D eigenvalue weighted by Gasteiger charge is 2.21. The van der Waals surface area contributed by atoms with Gasteiger partial charge in [0.15, 0.2) is 0 Å². The zero-order valence-corrected chi connectivity index (χ0v) is 15.7. The Morgan fingerprint density at radius 3 is 2.74 bits per heavy atom. The van der Waals surface area contributed by atoms with Gasteiger partial charge in [-0.1, -0.05) is 23.7 Å². The molecule has 138 valence electrons. The second-order valence-corrected chi connectivity index (χ2v) is 7.33. The van der Waals surface area contributed by atoms with Crippen molar-refractivity contribution in [2.75, 3.05) is 6.54 Å². The van der Waals surface area contributed by atoms with Crippen LogP contribution < -0.4 is 5.56 Å². The maximum absolute atomic E-state index is 13.8. The first-order valence-corrected chi connectivity index (χ1v) is 9.23. The van der Waals surface area contributed by atoms with Gasteiger partial charge in [-0.3, -0.25) is 9.69 Å². The predicted molar refractivity (Wildman–Crippen MR) is 104 cm³/mol. The van der Waals surface area contributed by atoms with E-state index in [0.717, 1.165) is 23.4 Å². The largest absolute Gasteiger partial charge is 0.306 e. The molecule has 1 N–H and O–H groups in total. The number of H-pyrrole nitrogens is 1. The Labute approximate surface area is 161 Å². The normalized spacial score (nSPS) is 14.2. The molecule has 27 heavy (non-hydrogen) atoms. The van der Waals surface area contributed by atoms with Gasteiger partial charge in [-0.25, -0.2) is 9.37 Å². The molecule has 0 radical (unpaired) electrons. The van der Waals surface area contributed by atoms with Crippen LogP contribution in [0.2, 0.25) is 5.02 Å². The first kappa shape index (κ1) is 17.9. The van der Waals surface area contributed by atoms with Crippen LogP contribution in [-0.4, -0.2) is 21.4 Å². The van der Waals surface area contributed by atoms with E-state index >= 15 is 0 Å². The predicted octanol–water partition coefficient (Wildman–Crippen LogP) is 4.10. The number of hydrogen-bond donors (Lipinski definition) is 1. The van der Waals surface area contributed by atoms with E-state index in [-0.39, 0.29) is 11.4 Å².